The maximum atomic E-state index is 13.7. The standard InChI is InChI=1S/C12H8BrF2NOS/c1-5-2-9(18-12(5)13)11(17)7-3-6(14)4-8(16)10(7)15/h2-4H,16H2,1H3. The molecule has 2 nitrogen and oxygen atoms in total. The van der Waals surface area contributed by atoms with E-state index in [1.54, 1.807) is 6.07 Å². The second kappa shape index (κ2) is 4.78. The quantitative estimate of drug-likeness (QED) is 0.669. The molecule has 1 aromatic carbocycles. The number of aryl methyl sites for hydroxylation is 1. The molecule has 0 bridgehead atoms. The van der Waals surface area contributed by atoms with Crippen LogP contribution in [0.3, 0.4) is 0 Å². The first-order chi connectivity index (χ1) is 8.40. The van der Waals surface area contributed by atoms with Gasteiger partial charge in [-0.1, -0.05) is 0 Å². The van der Waals surface area contributed by atoms with Crippen LogP contribution in [0.1, 0.15) is 20.8 Å². The lowest BCUT2D eigenvalue weighted by molar-refractivity contribution is 0.103. The molecule has 0 aliphatic carbocycles. The first-order valence-electron chi connectivity index (χ1n) is 4.95. The number of carbonyl (C=O) groups excluding carboxylic acids is 1. The number of benzene rings is 1. The highest BCUT2D eigenvalue weighted by Gasteiger charge is 2.20. The lowest BCUT2D eigenvalue weighted by atomic mass is 10.1. The molecule has 0 atom stereocenters. The lowest BCUT2D eigenvalue weighted by Crippen LogP contribution is -2.06. The molecule has 0 fully saturated rings. The summed E-state index contributed by atoms with van der Waals surface area (Å²) in [6.07, 6.45) is 0. The van der Waals surface area contributed by atoms with Crippen molar-refractivity contribution < 1.29 is 13.6 Å². The van der Waals surface area contributed by atoms with Crippen molar-refractivity contribution in [1.82, 2.24) is 0 Å². The van der Waals surface area contributed by atoms with Crippen molar-refractivity contribution in [3.8, 4) is 0 Å². The first-order valence-corrected chi connectivity index (χ1v) is 6.56. The zero-order chi connectivity index (χ0) is 13.4. The van der Waals surface area contributed by atoms with Crippen molar-refractivity contribution in [2.45, 2.75) is 6.92 Å². The minimum Gasteiger partial charge on any atom is -0.396 e. The van der Waals surface area contributed by atoms with Crippen molar-refractivity contribution in [2.75, 3.05) is 5.73 Å². The van der Waals surface area contributed by atoms with Gasteiger partial charge in [0.15, 0.2) is 5.82 Å². The van der Waals surface area contributed by atoms with E-state index in [4.69, 9.17) is 5.73 Å². The minimum atomic E-state index is -0.886. The molecule has 0 aliphatic rings. The van der Waals surface area contributed by atoms with Crippen molar-refractivity contribution in [3.05, 3.63) is 49.6 Å². The molecule has 94 valence electrons. The zero-order valence-electron chi connectivity index (χ0n) is 9.26. The van der Waals surface area contributed by atoms with E-state index in [1.165, 1.54) is 11.3 Å². The van der Waals surface area contributed by atoms with Gasteiger partial charge in [-0.25, -0.2) is 8.78 Å². The molecular weight excluding hydrogens is 324 g/mol. The van der Waals surface area contributed by atoms with Crippen LogP contribution in [-0.4, -0.2) is 5.78 Å². The highest BCUT2D eigenvalue weighted by molar-refractivity contribution is 9.11. The number of ketones is 1. The largest absolute Gasteiger partial charge is 0.396 e. The number of rotatable bonds is 2. The summed E-state index contributed by atoms with van der Waals surface area (Å²) in [5.41, 5.74) is 5.45. The predicted octanol–water partition coefficient (Wildman–Crippen LogP) is 3.91. The average molecular weight is 332 g/mol. The van der Waals surface area contributed by atoms with Crippen LogP contribution in [0.5, 0.6) is 0 Å². The Labute approximate surface area is 115 Å². The normalized spacial score (nSPS) is 10.7. The third-order valence-electron chi connectivity index (χ3n) is 2.39. The Morgan fingerprint density at radius 2 is 2.00 bits per heavy atom. The third kappa shape index (κ3) is 2.30. The van der Waals surface area contributed by atoms with Gasteiger partial charge in [-0.3, -0.25) is 4.79 Å². The van der Waals surface area contributed by atoms with E-state index < -0.39 is 17.4 Å². The molecule has 1 aromatic heterocycles. The smallest absolute Gasteiger partial charge is 0.206 e. The molecule has 0 unspecified atom stereocenters. The molecule has 0 saturated carbocycles. The van der Waals surface area contributed by atoms with E-state index in [2.05, 4.69) is 15.9 Å². The van der Waals surface area contributed by atoms with Crippen LogP contribution in [0.4, 0.5) is 14.5 Å². The molecule has 0 amide bonds. The summed E-state index contributed by atoms with van der Waals surface area (Å²) >= 11 is 4.45. The topological polar surface area (TPSA) is 43.1 Å². The van der Waals surface area contributed by atoms with Gasteiger partial charge in [0.05, 0.1) is 19.9 Å². The summed E-state index contributed by atoms with van der Waals surface area (Å²) in [5, 5.41) is 0. The maximum Gasteiger partial charge on any atom is 0.206 e. The van der Waals surface area contributed by atoms with Gasteiger partial charge in [-0.2, -0.15) is 0 Å². The monoisotopic (exact) mass is 331 g/mol. The van der Waals surface area contributed by atoms with Crippen LogP contribution in [0.15, 0.2) is 22.0 Å². The van der Waals surface area contributed by atoms with Crippen LogP contribution < -0.4 is 5.73 Å². The molecule has 2 N–H and O–H groups in total. The van der Waals surface area contributed by atoms with E-state index in [0.717, 1.165) is 21.5 Å². The summed E-state index contributed by atoms with van der Waals surface area (Å²) in [6.45, 7) is 1.81. The average Bonchev–Trinajstić information content (AvgIpc) is 2.63. The molecule has 6 heteroatoms. The molecule has 0 saturated heterocycles. The van der Waals surface area contributed by atoms with E-state index >= 15 is 0 Å². The van der Waals surface area contributed by atoms with Gasteiger partial charge in [0, 0.05) is 0 Å². The van der Waals surface area contributed by atoms with Gasteiger partial charge in [0.25, 0.3) is 0 Å². The van der Waals surface area contributed by atoms with E-state index in [1.807, 2.05) is 6.92 Å². The summed E-state index contributed by atoms with van der Waals surface area (Å²) in [6, 6.07) is 3.33. The van der Waals surface area contributed by atoms with Crippen LogP contribution in [0, 0.1) is 18.6 Å². The first kappa shape index (κ1) is 13.2. The third-order valence-corrected chi connectivity index (χ3v) is 4.53. The SMILES string of the molecule is Cc1cc(C(=O)c2cc(F)cc(N)c2F)sc1Br. The molecule has 2 rings (SSSR count). The fraction of sp³-hybridized carbons (Fsp3) is 0.0833. The van der Waals surface area contributed by atoms with Gasteiger partial charge >= 0.3 is 0 Å². The summed E-state index contributed by atoms with van der Waals surface area (Å²) < 4.78 is 27.7. The van der Waals surface area contributed by atoms with Gasteiger partial charge in [-0.15, -0.1) is 11.3 Å². The number of nitrogens with two attached hydrogens (primary N) is 1. The van der Waals surface area contributed by atoms with Gasteiger partial charge < -0.3 is 5.73 Å². The van der Waals surface area contributed by atoms with Crippen molar-refractivity contribution in [2.24, 2.45) is 0 Å². The Kier molecular flexibility index (Phi) is 3.49. The van der Waals surface area contributed by atoms with Gasteiger partial charge in [-0.05, 0) is 46.6 Å². The molecule has 0 radical (unpaired) electrons. The highest BCUT2D eigenvalue weighted by Crippen LogP contribution is 2.30. The lowest BCUT2D eigenvalue weighted by Gasteiger charge is -2.03. The summed E-state index contributed by atoms with van der Waals surface area (Å²) in [4.78, 5) is 12.4. The number of halogens is 3. The minimum absolute atomic E-state index is 0.336. The van der Waals surface area contributed by atoms with Gasteiger partial charge in [0.1, 0.15) is 5.82 Å². The van der Waals surface area contributed by atoms with E-state index in [0.29, 0.717) is 4.88 Å². The van der Waals surface area contributed by atoms with Crippen molar-refractivity contribution in [1.29, 1.82) is 0 Å². The van der Waals surface area contributed by atoms with Crippen molar-refractivity contribution in [3.63, 3.8) is 0 Å². The number of hydrogen-bond donors (Lipinski definition) is 1. The van der Waals surface area contributed by atoms with Crippen LogP contribution in [0.25, 0.3) is 0 Å². The maximum absolute atomic E-state index is 13.7. The number of nitrogen functional groups attached to an aromatic ring is 1. The van der Waals surface area contributed by atoms with E-state index in [-0.39, 0.29) is 11.3 Å². The number of hydrogen-bond acceptors (Lipinski definition) is 3. The second-order valence-corrected chi connectivity index (χ2v) is 6.12. The van der Waals surface area contributed by atoms with Gasteiger partial charge in [0.2, 0.25) is 5.78 Å². The Hall–Kier alpha value is -1.27. The Morgan fingerprint density at radius 1 is 1.33 bits per heavy atom. The van der Waals surface area contributed by atoms with Crippen LogP contribution >= 0.6 is 27.3 Å². The van der Waals surface area contributed by atoms with Crippen LogP contribution in [0.2, 0.25) is 0 Å². The van der Waals surface area contributed by atoms with E-state index in [9.17, 15) is 13.6 Å². The Morgan fingerprint density at radius 3 is 2.56 bits per heavy atom. The molecule has 0 aliphatic heterocycles. The molecule has 2 aromatic rings. The zero-order valence-corrected chi connectivity index (χ0v) is 11.7. The summed E-state index contributed by atoms with van der Waals surface area (Å²) in [7, 11) is 0. The summed E-state index contributed by atoms with van der Waals surface area (Å²) in [5.74, 6) is -2.19. The highest BCUT2D eigenvalue weighted by atomic mass is 79.9. The molecular formula is C12H8BrF2NOS. The molecule has 1 heterocycles. The number of carbonyl (C=O) groups is 1. The fourth-order valence-corrected chi connectivity index (χ4v) is 2.97. The number of anilines is 1. The fourth-order valence-electron chi connectivity index (χ4n) is 1.48. The van der Waals surface area contributed by atoms with Crippen molar-refractivity contribution >= 4 is 38.7 Å². The Balaban J connectivity index is 2.52. The predicted molar refractivity (Wildman–Crippen MR) is 71.0 cm³/mol. The molecule has 0 spiro atoms. The second-order valence-electron chi connectivity index (χ2n) is 3.75. The Bertz CT molecular complexity index is 620. The molecule has 18 heavy (non-hydrogen) atoms. The number of thiophene rings is 1. The van der Waals surface area contributed by atoms with Crippen LogP contribution in [-0.2, 0) is 0 Å².